The van der Waals surface area contributed by atoms with Gasteiger partial charge >= 0.3 is 0 Å². The second-order valence-corrected chi connectivity index (χ2v) is 6.76. The summed E-state index contributed by atoms with van der Waals surface area (Å²) < 4.78 is 1.74. The minimum Gasteiger partial charge on any atom is -0.308 e. The largest absolute Gasteiger partial charge is 0.308 e. The Balaban J connectivity index is 1.52. The number of carbonyl (C=O) groups is 1. The summed E-state index contributed by atoms with van der Waals surface area (Å²) in [6.07, 6.45) is 5.66. The third kappa shape index (κ3) is 2.18. The highest BCUT2D eigenvalue weighted by atomic mass is 32.1. The Morgan fingerprint density at radius 1 is 1.38 bits per heavy atom. The number of aromatic nitrogens is 2. The van der Waals surface area contributed by atoms with E-state index in [-0.39, 0.29) is 11.9 Å². The minimum atomic E-state index is 0.0262. The fraction of sp³-hybridized carbons (Fsp3) is 0.467. The smallest absolute Gasteiger partial charge is 0.244 e. The van der Waals surface area contributed by atoms with Crippen LogP contribution in [0.15, 0.2) is 23.8 Å². The lowest BCUT2D eigenvalue weighted by molar-refractivity contribution is -0.121. The van der Waals surface area contributed by atoms with Gasteiger partial charge in [0.2, 0.25) is 5.91 Å². The van der Waals surface area contributed by atoms with Crippen LogP contribution in [-0.2, 0) is 24.8 Å². The highest BCUT2D eigenvalue weighted by molar-refractivity contribution is 7.10. The summed E-state index contributed by atoms with van der Waals surface area (Å²) in [4.78, 5) is 18.4. The molecule has 0 aromatic carbocycles. The van der Waals surface area contributed by atoms with Gasteiger partial charge in [-0.15, -0.1) is 11.3 Å². The monoisotopic (exact) mass is 302 g/mol. The summed E-state index contributed by atoms with van der Waals surface area (Å²) in [6.45, 7) is 2.70. The van der Waals surface area contributed by atoms with E-state index in [1.807, 2.05) is 29.5 Å². The molecule has 6 heteroatoms. The third-order valence-electron chi connectivity index (χ3n) is 4.46. The van der Waals surface area contributed by atoms with E-state index in [2.05, 4.69) is 21.4 Å². The molecule has 0 aliphatic carbocycles. The van der Waals surface area contributed by atoms with E-state index in [0.29, 0.717) is 0 Å². The molecule has 5 nitrogen and oxygen atoms in total. The molecule has 0 saturated carbocycles. The van der Waals surface area contributed by atoms with E-state index in [4.69, 9.17) is 0 Å². The zero-order valence-corrected chi connectivity index (χ0v) is 12.8. The molecule has 0 spiro atoms. The van der Waals surface area contributed by atoms with E-state index in [1.54, 1.807) is 10.9 Å². The number of carbonyl (C=O) groups excluding carboxylic acids is 1. The molecule has 1 saturated heterocycles. The molecule has 4 rings (SSSR count). The standard InChI is InChI=1S/C15H18N4OS/c1-17-10-12(8-16-17)19-6-2-13(15(19)20)18-5-3-14-11(9-18)4-7-21-14/h4,7-8,10,13H,2-3,5-6,9H2,1H3. The molecule has 21 heavy (non-hydrogen) atoms. The number of amides is 1. The summed E-state index contributed by atoms with van der Waals surface area (Å²) in [6, 6.07) is 2.23. The van der Waals surface area contributed by atoms with Crippen LogP contribution in [0.1, 0.15) is 16.9 Å². The molecule has 2 aromatic heterocycles. The van der Waals surface area contributed by atoms with Crippen LogP contribution in [0.5, 0.6) is 0 Å². The van der Waals surface area contributed by atoms with Gasteiger partial charge in [-0.2, -0.15) is 5.10 Å². The molecule has 0 N–H and O–H groups in total. The SMILES string of the molecule is Cn1cc(N2CCC(N3CCc4sccc4C3)C2=O)cn1. The number of rotatable bonds is 2. The third-order valence-corrected chi connectivity index (χ3v) is 5.48. The number of aryl methyl sites for hydroxylation is 1. The molecule has 1 unspecified atom stereocenters. The predicted molar refractivity (Wildman–Crippen MR) is 82.4 cm³/mol. The lowest BCUT2D eigenvalue weighted by atomic mass is 10.1. The molecular formula is C15H18N4OS. The zero-order valence-electron chi connectivity index (χ0n) is 12.0. The van der Waals surface area contributed by atoms with Crippen LogP contribution >= 0.6 is 11.3 Å². The van der Waals surface area contributed by atoms with Crippen LogP contribution in [0.4, 0.5) is 5.69 Å². The van der Waals surface area contributed by atoms with Crippen LogP contribution in [0.3, 0.4) is 0 Å². The molecule has 2 aliphatic heterocycles. The summed E-state index contributed by atoms with van der Waals surface area (Å²) in [7, 11) is 1.88. The van der Waals surface area contributed by atoms with E-state index >= 15 is 0 Å². The molecular weight excluding hydrogens is 284 g/mol. The van der Waals surface area contributed by atoms with Crippen molar-refractivity contribution < 1.29 is 4.79 Å². The van der Waals surface area contributed by atoms with Gasteiger partial charge in [-0.3, -0.25) is 14.4 Å². The van der Waals surface area contributed by atoms with Crippen molar-refractivity contribution in [3.8, 4) is 0 Å². The van der Waals surface area contributed by atoms with Gasteiger partial charge < -0.3 is 4.90 Å². The number of hydrogen-bond acceptors (Lipinski definition) is 4. The zero-order chi connectivity index (χ0) is 14.4. The normalized spacial score (nSPS) is 22.8. The van der Waals surface area contributed by atoms with E-state index in [0.717, 1.165) is 38.2 Å². The molecule has 2 aliphatic rings. The first-order chi connectivity index (χ1) is 10.2. The average Bonchev–Trinajstić information content (AvgIpc) is 3.17. The van der Waals surface area contributed by atoms with Crippen LogP contribution < -0.4 is 4.90 Å². The van der Waals surface area contributed by atoms with Crippen LogP contribution in [0, 0.1) is 0 Å². The summed E-state index contributed by atoms with van der Waals surface area (Å²) in [5.74, 6) is 0.224. The minimum absolute atomic E-state index is 0.0262. The molecule has 1 amide bonds. The first-order valence-corrected chi connectivity index (χ1v) is 8.19. The highest BCUT2D eigenvalue weighted by Gasteiger charge is 2.38. The van der Waals surface area contributed by atoms with Crippen LogP contribution in [-0.4, -0.2) is 39.7 Å². The van der Waals surface area contributed by atoms with Crippen molar-refractivity contribution in [2.75, 3.05) is 18.0 Å². The molecule has 4 heterocycles. The van der Waals surface area contributed by atoms with Crippen molar-refractivity contribution in [3.05, 3.63) is 34.3 Å². The Hall–Kier alpha value is -1.66. The first kappa shape index (κ1) is 13.0. The average molecular weight is 302 g/mol. The second kappa shape index (κ2) is 4.96. The lowest BCUT2D eigenvalue weighted by Gasteiger charge is -2.31. The van der Waals surface area contributed by atoms with Gasteiger partial charge in [-0.1, -0.05) is 0 Å². The van der Waals surface area contributed by atoms with Gasteiger partial charge in [0, 0.05) is 37.8 Å². The fourth-order valence-corrected chi connectivity index (χ4v) is 4.23. The maximum Gasteiger partial charge on any atom is 0.244 e. The summed E-state index contributed by atoms with van der Waals surface area (Å²) in [5, 5.41) is 6.33. The second-order valence-electron chi connectivity index (χ2n) is 5.76. The molecule has 110 valence electrons. The molecule has 0 radical (unpaired) electrons. The van der Waals surface area contributed by atoms with Gasteiger partial charge in [-0.05, 0) is 29.9 Å². The van der Waals surface area contributed by atoms with Crippen molar-refractivity contribution >= 4 is 22.9 Å². The highest BCUT2D eigenvalue weighted by Crippen LogP contribution is 2.29. The Bertz CT molecular complexity index is 677. The lowest BCUT2D eigenvalue weighted by Crippen LogP contribution is -2.44. The van der Waals surface area contributed by atoms with Crippen molar-refractivity contribution in [3.63, 3.8) is 0 Å². The molecule has 1 atom stereocenters. The quantitative estimate of drug-likeness (QED) is 0.847. The van der Waals surface area contributed by atoms with Crippen molar-refractivity contribution in [1.29, 1.82) is 0 Å². The van der Waals surface area contributed by atoms with Crippen molar-refractivity contribution in [1.82, 2.24) is 14.7 Å². The summed E-state index contributed by atoms with van der Waals surface area (Å²) >= 11 is 1.84. The molecule has 1 fully saturated rings. The number of anilines is 1. The Morgan fingerprint density at radius 2 is 2.29 bits per heavy atom. The predicted octanol–water partition coefficient (Wildman–Crippen LogP) is 1.65. The van der Waals surface area contributed by atoms with Crippen LogP contribution in [0.25, 0.3) is 0 Å². The first-order valence-electron chi connectivity index (χ1n) is 7.32. The Kier molecular flexibility index (Phi) is 3.08. The van der Waals surface area contributed by atoms with Crippen molar-refractivity contribution in [2.24, 2.45) is 7.05 Å². The number of nitrogens with zero attached hydrogens (tertiary/aromatic N) is 4. The van der Waals surface area contributed by atoms with Gasteiger partial charge in [0.05, 0.1) is 17.9 Å². The molecule has 2 aromatic rings. The summed E-state index contributed by atoms with van der Waals surface area (Å²) in [5.41, 5.74) is 2.32. The fourth-order valence-electron chi connectivity index (χ4n) is 3.34. The molecule has 0 bridgehead atoms. The van der Waals surface area contributed by atoms with Gasteiger partial charge in [0.1, 0.15) is 0 Å². The van der Waals surface area contributed by atoms with Gasteiger partial charge in [0.15, 0.2) is 0 Å². The van der Waals surface area contributed by atoms with E-state index in [1.165, 1.54) is 10.4 Å². The van der Waals surface area contributed by atoms with Gasteiger partial charge in [-0.25, -0.2) is 0 Å². The van der Waals surface area contributed by atoms with Crippen molar-refractivity contribution in [2.45, 2.75) is 25.4 Å². The maximum atomic E-state index is 12.7. The van der Waals surface area contributed by atoms with E-state index < -0.39 is 0 Å². The maximum absolute atomic E-state index is 12.7. The van der Waals surface area contributed by atoms with Gasteiger partial charge in [0.25, 0.3) is 0 Å². The number of thiophene rings is 1. The topological polar surface area (TPSA) is 41.4 Å². The van der Waals surface area contributed by atoms with E-state index in [9.17, 15) is 4.79 Å². The Morgan fingerprint density at radius 3 is 3.10 bits per heavy atom. The van der Waals surface area contributed by atoms with Crippen LogP contribution in [0.2, 0.25) is 0 Å². The Labute approximate surface area is 127 Å². The number of hydrogen-bond donors (Lipinski definition) is 0. The number of fused-ring (bicyclic) bond motifs is 1.